The van der Waals surface area contributed by atoms with Gasteiger partial charge >= 0.3 is 0 Å². The monoisotopic (exact) mass is 405 g/mol. The van der Waals surface area contributed by atoms with E-state index in [2.05, 4.69) is 27.0 Å². The minimum absolute atomic E-state index is 0.0620. The van der Waals surface area contributed by atoms with Crippen LogP contribution in [-0.2, 0) is 18.2 Å². The summed E-state index contributed by atoms with van der Waals surface area (Å²) < 4.78 is 13.2. The molecule has 1 fully saturated rings. The highest BCUT2D eigenvalue weighted by Gasteiger charge is 2.39. The number of rotatable bonds is 3. The van der Waals surface area contributed by atoms with Crippen LogP contribution in [0.3, 0.4) is 0 Å². The third kappa shape index (κ3) is 3.13. The maximum absolute atomic E-state index is 12.7. The number of nitrogens with zero attached hydrogens (tertiary/aromatic N) is 5. The molecule has 0 bridgehead atoms. The molecule has 154 valence electrons. The fourth-order valence-corrected chi connectivity index (χ4v) is 4.44. The van der Waals surface area contributed by atoms with E-state index in [1.54, 1.807) is 31.0 Å². The van der Waals surface area contributed by atoms with E-state index in [0.29, 0.717) is 30.5 Å². The molecule has 2 aromatic heterocycles. The molecular weight excluding hydrogens is 382 g/mol. The molecule has 0 radical (unpaired) electrons. The summed E-state index contributed by atoms with van der Waals surface area (Å²) in [6, 6.07) is 9.56. The SMILES string of the molecule is COc1ccc2c(c1)CC[C@@H]1[C@H]2OCCN1c1nc(-c2ccncn2)cc(=O)n1C. The van der Waals surface area contributed by atoms with Crippen LogP contribution in [0, 0.1) is 0 Å². The van der Waals surface area contributed by atoms with Gasteiger partial charge in [-0.05, 0) is 42.2 Å². The van der Waals surface area contributed by atoms with Gasteiger partial charge in [0.05, 0.1) is 31.1 Å². The summed E-state index contributed by atoms with van der Waals surface area (Å²) in [4.78, 5) is 28.0. The normalized spacial score (nSPS) is 20.4. The van der Waals surface area contributed by atoms with Gasteiger partial charge in [-0.1, -0.05) is 6.07 Å². The van der Waals surface area contributed by atoms with E-state index in [0.717, 1.165) is 18.6 Å². The van der Waals surface area contributed by atoms with Crippen molar-refractivity contribution in [3.05, 3.63) is 64.3 Å². The maximum atomic E-state index is 12.7. The highest BCUT2D eigenvalue weighted by atomic mass is 16.5. The average molecular weight is 405 g/mol. The zero-order valence-electron chi connectivity index (χ0n) is 17.0. The van der Waals surface area contributed by atoms with E-state index >= 15 is 0 Å². The minimum atomic E-state index is -0.113. The van der Waals surface area contributed by atoms with E-state index in [-0.39, 0.29) is 17.7 Å². The smallest absolute Gasteiger partial charge is 0.255 e. The first-order chi connectivity index (χ1) is 14.7. The summed E-state index contributed by atoms with van der Waals surface area (Å²) in [5, 5.41) is 0. The Morgan fingerprint density at radius 2 is 2.10 bits per heavy atom. The summed E-state index contributed by atoms with van der Waals surface area (Å²) in [6.45, 7) is 1.25. The molecule has 3 aromatic rings. The molecule has 0 spiro atoms. The zero-order valence-corrected chi connectivity index (χ0v) is 17.0. The van der Waals surface area contributed by atoms with Crippen LogP contribution in [-0.4, -0.2) is 45.8 Å². The highest BCUT2D eigenvalue weighted by Crippen LogP contribution is 2.40. The van der Waals surface area contributed by atoms with Crippen LogP contribution in [0.4, 0.5) is 5.95 Å². The van der Waals surface area contributed by atoms with Crippen molar-refractivity contribution < 1.29 is 9.47 Å². The van der Waals surface area contributed by atoms with Crippen LogP contribution in [0.15, 0.2) is 47.7 Å². The second kappa shape index (κ2) is 7.53. The van der Waals surface area contributed by atoms with Gasteiger partial charge in [0.2, 0.25) is 5.95 Å². The predicted octanol–water partition coefficient (Wildman–Crippen LogP) is 2.14. The number of anilines is 1. The van der Waals surface area contributed by atoms with Crippen LogP contribution in [0.1, 0.15) is 23.7 Å². The van der Waals surface area contributed by atoms with Crippen LogP contribution < -0.4 is 15.2 Å². The Morgan fingerprint density at radius 1 is 1.20 bits per heavy atom. The van der Waals surface area contributed by atoms with Crippen LogP contribution in [0.5, 0.6) is 5.75 Å². The number of ether oxygens (including phenoxy) is 2. The molecule has 0 unspecified atom stereocenters. The Hall–Kier alpha value is -3.26. The first-order valence-corrected chi connectivity index (χ1v) is 10.0. The number of aromatic nitrogens is 4. The lowest BCUT2D eigenvalue weighted by atomic mass is 9.84. The predicted molar refractivity (Wildman–Crippen MR) is 112 cm³/mol. The molecule has 30 heavy (non-hydrogen) atoms. The molecule has 0 amide bonds. The van der Waals surface area contributed by atoms with Gasteiger partial charge < -0.3 is 14.4 Å². The van der Waals surface area contributed by atoms with E-state index in [4.69, 9.17) is 14.5 Å². The Morgan fingerprint density at radius 3 is 2.90 bits per heavy atom. The molecule has 1 saturated heterocycles. The molecule has 5 rings (SSSR count). The standard InChI is InChI=1S/C22H23N5O3/c1-26-20(28)12-18(17-7-8-23-13-24-17)25-22(26)27-9-10-30-21-16-5-4-15(29-2)11-14(16)3-6-19(21)27/h4-5,7-8,11-13,19,21H,3,6,9-10H2,1-2H3/t19-,21+/m1/s1. The Labute approximate surface area is 174 Å². The van der Waals surface area contributed by atoms with Crippen molar-refractivity contribution in [3.8, 4) is 17.1 Å². The summed E-state index contributed by atoms with van der Waals surface area (Å²) in [5.41, 5.74) is 3.52. The van der Waals surface area contributed by atoms with Gasteiger partial charge in [-0.2, -0.15) is 0 Å². The third-order valence-electron chi connectivity index (χ3n) is 5.96. The average Bonchev–Trinajstić information content (AvgIpc) is 2.80. The number of hydrogen-bond acceptors (Lipinski definition) is 7. The molecule has 0 saturated carbocycles. The topological polar surface area (TPSA) is 82.4 Å². The second-order valence-corrected chi connectivity index (χ2v) is 7.59. The van der Waals surface area contributed by atoms with E-state index in [1.807, 2.05) is 6.07 Å². The fourth-order valence-electron chi connectivity index (χ4n) is 4.44. The summed E-state index contributed by atoms with van der Waals surface area (Å²) >= 11 is 0. The molecule has 1 aliphatic carbocycles. The molecule has 1 aromatic carbocycles. The van der Waals surface area contributed by atoms with Gasteiger partial charge in [0.1, 0.15) is 18.2 Å². The molecular formula is C22H23N5O3. The lowest BCUT2D eigenvalue weighted by Crippen LogP contribution is -2.51. The first kappa shape index (κ1) is 18.7. The number of fused-ring (bicyclic) bond motifs is 3. The van der Waals surface area contributed by atoms with Gasteiger partial charge in [0.25, 0.3) is 5.56 Å². The van der Waals surface area contributed by atoms with Gasteiger partial charge in [-0.25, -0.2) is 15.0 Å². The molecule has 8 heteroatoms. The van der Waals surface area contributed by atoms with Gasteiger partial charge in [-0.15, -0.1) is 0 Å². The fraction of sp³-hybridized carbons (Fsp3) is 0.364. The largest absolute Gasteiger partial charge is 0.497 e. The quantitative estimate of drug-likeness (QED) is 0.660. The van der Waals surface area contributed by atoms with Crippen molar-refractivity contribution in [2.24, 2.45) is 7.05 Å². The van der Waals surface area contributed by atoms with Gasteiger partial charge in [0.15, 0.2) is 0 Å². The number of hydrogen-bond donors (Lipinski definition) is 0. The molecule has 8 nitrogen and oxygen atoms in total. The zero-order chi connectivity index (χ0) is 20.7. The van der Waals surface area contributed by atoms with Crippen LogP contribution in [0.25, 0.3) is 11.4 Å². The minimum Gasteiger partial charge on any atom is -0.497 e. The van der Waals surface area contributed by atoms with E-state index in [1.165, 1.54) is 23.5 Å². The lowest BCUT2D eigenvalue weighted by molar-refractivity contribution is 0.00172. The number of morpholine rings is 1. The molecule has 1 aliphatic heterocycles. The number of aryl methyl sites for hydroxylation is 1. The maximum Gasteiger partial charge on any atom is 0.255 e. The molecule has 0 N–H and O–H groups in total. The first-order valence-electron chi connectivity index (χ1n) is 10.0. The molecule has 2 aliphatic rings. The lowest BCUT2D eigenvalue weighted by Gasteiger charge is -2.45. The van der Waals surface area contributed by atoms with Gasteiger partial charge in [0, 0.05) is 25.9 Å². The summed E-state index contributed by atoms with van der Waals surface area (Å²) in [5.74, 6) is 1.51. The van der Waals surface area contributed by atoms with E-state index in [9.17, 15) is 4.79 Å². The van der Waals surface area contributed by atoms with Crippen molar-refractivity contribution in [2.75, 3.05) is 25.2 Å². The Balaban J connectivity index is 1.55. The number of methoxy groups -OCH3 is 1. The van der Waals surface area contributed by atoms with Crippen molar-refractivity contribution in [1.29, 1.82) is 0 Å². The molecule has 2 atom stereocenters. The number of benzene rings is 1. The summed E-state index contributed by atoms with van der Waals surface area (Å²) in [7, 11) is 3.45. The van der Waals surface area contributed by atoms with Crippen molar-refractivity contribution in [2.45, 2.75) is 25.0 Å². The second-order valence-electron chi connectivity index (χ2n) is 7.59. The summed E-state index contributed by atoms with van der Waals surface area (Å²) in [6.07, 6.45) is 4.89. The Bertz CT molecular complexity index is 1130. The highest BCUT2D eigenvalue weighted by molar-refractivity contribution is 5.55. The molecule has 3 heterocycles. The van der Waals surface area contributed by atoms with Crippen molar-refractivity contribution >= 4 is 5.95 Å². The van der Waals surface area contributed by atoms with Gasteiger partial charge in [-0.3, -0.25) is 9.36 Å². The van der Waals surface area contributed by atoms with Crippen molar-refractivity contribution in [1.82, 2.24) is 19.5 Å². The van der Waals surface area contributed by atoms with Crippen molar-refractivity contribution in [3.63, 3.8) is 0 Å². The third-order valence-corrected chi connectivity index (χ3v) is 5.96. The Kier molecular flexibility index (Phi) is 4.71. The van der Waals surface area contributed by atoms with Crippen LogP contribution >= 0.6 is 0 Å². The van der Waals surface area contributed by atoms with E-state index < -0.39 is 0 Å². The van der Waals surface area contributed by atoms with Crippen LogP contribution in [0.2, 0.25) is 0 Å².